The standard InChI is InChI=1S/C20H19BrClNO2/c1-4-13(2)25-20-18(21)10-14(11-19(20)24-3)9-16(12-23)15-5-7-17(22)8-6-15/h5-11,13H,4H2,1-3H3/b16-9-. The highest BCUT2D eigenvalue weighted by Crippen LogP contribution is 2.38. The minimum absolute atomic E-state index is 0.0790. The minimum Gasteiger partial charge on any atom is -0.493 e. The summed E-state index contributed by atoms with van der Waals surface area (Å²) < 4.78 is 12.2. The van der Waals surface area contributed by atoms with E-state index in [4.69, 9.17) is 21.1 Å². The lowest BCUT2D eigenvalue weighted by Gasteiger charge is -2.17. The number of nitrogens with zero attached hydrogens (tertiary/aromatic N) is 1. The van der Waals surface area contributed by atoms with E-state index < -0.39 is 0 Å². The van der Waals surface area contributed by atoms with Crippen molar-refractivity contribution in [3.05, 3.63) is 57.0 Å². The van der Waals surface area contributed by atoms with E-state index in [1.54, 1.807) is 19.2 Å². The number of rotatable bonds is 6. The van der Waals surface area contributed by atoms with Crippen LogP contribution in [0.15, 0.2) is 40.9 Å². The van der Waals surface area contributed by atoms with E-state index in [-0.39, 0.29) is 6.10 Å². The van der Waals surface area contributed by atoms with Gasteiger partial charge in [-0.15, -0.1) is 0 Å². The lowest BCUT2D eigenvalue weighted by Crippen LogP contribution is -2.11. The second kappa shape index (κ2) is 8.94. The van der Waals surface area contributed by atoms with E-state index in [9.17, 15) is 5.26 Å². The van der Waals surface area contributed by atoms with Crippen LogP contribution in [0, 0.1) is 11.3 Å². The van der Waals surface area contributed by atoms with Crippen molar-refractivity contribution in [2.75, 3.05) is 7.11 Å². The maximum atomic E-state index is 9.49. The van der Waals surface area contributed by atoms with Crippen LogP contribution >= 0.6 is 27.5 Å². The molecule has 0 aliphatic rings. The molecule has 25 heavy (non-hydrogen) atoms. The van der Waals surface area contributed by atoms with Crippen LogP contribution in [0.3, 0.4) is 0 Å². The number of hydrogen-bond donors (Lipinski definition) is 0. The van der Waals surface area contributed by atoms with Crippen molar-refractivity contribution >= 4 is 39.2 Å². The first kappa shape index (κ1) is 19.4. The summed E-state index contributed by atoms with van der Waals surface area (Å²) in [6, 6.07) is 13.2. The topological polar surface area (TPSA) is 42.2 Å². The number of methoxy groups -OCH3 is 1. The van der Waals surface area contributed by atoms with Gasteiger partial charge in [-0.05, 0) is 70.7 Å². The number of halogens is 2. The fraction of sp³-hybridized carbons (Fsp3) is 0.250. The molecular weight excluding hydrogens is 402 g/mol. The van der Waals surface area contributed by atoms with E-state index in [1.807, 2.05) is 37.3 Å². The smallest absolute Gasteiger partial charge is 0.175 e. The molecule has 0 fully saturated rings. The molecular formula is C20H19BrClNO2. The van der Waals surface area contributed by atoms with Crippen LogP contribution in [0.25, 0.3) is 11.6 Å². The van der Waals surface area contributed by atoms with Crippen molar-refractivity contribution in [2.45, 2.75) is 26.4 Å². The van der Waals surface area contributed by atoms with E-state index >= 15 is 0 Å². The lowest BCUT2D eigenvalue weighted by molar-refractivity contribution is 0.206. The van der Waals surface area contributed by atoms with Gasteiger partial charge in [0.1, 0.15) is 0 Å². The molecule has 0 aliphatic heterocycles. The van der Waals surface area contributed by atoms with E-state index in [2.05, 4.69) is 28.9 Å². The quantitative estimate of drug-likeness (QED) is 0.404. The Morgan fingerprint density at radius 2 is 2.00 bits per heavy atom. The summed E-state index contributed by atoms with van der Waals surface area (Å²) in [4.78, 5) is 0. The summed E-state index contributed by atoms with van der Waals surface area (Å²) >= 11 is 9.45. The van der Waals surface area contributed by atoms with Gasteiger partial charge in [0.2, 0.25) is 0 Å². The Morgan fingerprint density at radius 3 is 2.56 bits per heavy atom. The second-order valence-electron chi connectivity index (χ2n) is 5.55. The molecule has 2 rings (SSSR count). The van der Waals surface area contributed by atoms with E-state index in [0.29, 0.717) is 22.1 Å². The molecule has 2 aromatic rings. The molecule has 5 heteroatoms. The monoisotopic (exact) mass is 419 g/mol. The van der Waals surface area contributed by atoms with Crippen molar-refractivity contribution in [1.82, 2.24) is 0 Å². The molecule has 0 saturated carbocycles. The van der Waals surface area contributed by atoms with E-state index in [0.717, 1.165) is 22.0 Å². The third-order valence-electron chi connectivity index (χ3n) is 3.73. The average Bonchev–Trinajstić information content (AvgIpc) is 2.62. The van der Waals surface area contributed by atoms with E-state index in [1.165, 1.54) is 0 Å². The van der Waals surface area contributed by atoms with Gasteiger partial charge in [-0.1, -0.05) is 30.7 Å². The Hall–Kier alpha value is -1.96. The highest BCUT2D eigenvalue weighted by Gasteiger charge is 2.14. The average molecular weight is 421 g/mol. The summed E-state index contributed by atoms with van der Waals surface area (Å²) in [5.74, 6) is 1.29. The van der Waals surface area contributed by atoms with Crippen LogP contribution < -0.4 is 9.47 Å². The normalized spacial score (nSPS) is 12.4. The molecule has 1 unspecified atom stereocenters. The van der Waals surface area contributed by atoms with Crippen LogP contribution in [-0.4, -0.2) is 13.2 Å². The van der Waals surface area contributed by atoms with Gasteiger partial charge in [0.25, 0.3) is 0 Å². The molecule has 2 aromatic carbocycles. The maximum absolute atomic E-state index is 9.49. The molecule has 0 saturated heterocycles. The van der Waals surface area contributed by atoms with Crippen LogP contribution in [0.4, 0.5) is 0 Å². The molecule has 0 aromatic heterocycles. The second-order valence-corrected chi connectivity index (χ2v) is 6.84. The van der Waals surface area contributed by atoms with Gasteiger partial charge < -0.3 is 9.47 Å². The summed E-state index contributed by atoms with van der Waals surface area (Å²) in [6.45, 7) is 4.07. The van der Waals surface area contributed by atoms with Crippen molar-refractivity contribution < 1.29 is 9.47 Å². The molecule has 1 atom stereocenters. The van der Waals surface area contributed by atoms with Gasteiger partial charge in [-0.3, -0.25) is 0 Å². The maximum Gasteiger partial charge on any atom is 0.175 e. The van der Waals surface area contributed by atoms with Crippen LogP contribution in [0.5, 0.6) is 11.5 Å². The van der Waals surface area contributed by atoms with Gasteiger partial charge >= 0.3 is 0 Å². The number of hydrogen-bond acceptors (Lipinski definition) is 3. The summed E-state index contributed by atoms with van der Waals surface area (Å²) in [7, 11) is 1.60. The fourth-order valence-corrected chi connectivity index (χ4v) is 2.88. The van der Waals surface area contributed by atoms with Gasteiger partial charge in [-0.25, -0.2) is 0 Å². The van der Waals surface area contributed by atoms with Crippen molar-refractivity contribution in [1.29, 1.82) is 5.26 Å². The first-order chi connectivity index (χ1) is 12.0. The largest absolute Gasteiger partial charge is 0.493 e. The van der Waals surface area contributed by atoms with Crippen molar-refractivity contribution in [3.63, 3.8) is 0 Å². The number of allylic oxidation sites excluding steroid dienone is 1. The van der Waals surface area contributed by atoms with Gasteiger partial charge in [0, 0.05) is 5.02 Å². The molecule has 130 valence electrons. The molecule has 0 bridgehead atoms. The van der Waals surface area contributed by atoms with Crippen molar-refractivity contribution in [2.24, 2.45) is 0 Å². The fourth-order valence-electron chi connectivity index (χ4n) is 2.20. The number of ether oxygens (including phenoxy) is 2. The third kappa shape index (κ3) is 5.01. The Labute approximate surface area is 162 Å². The SMILES string of the molecule is CCC(C)Oc1c(Br)cc(/C=C(/C#N)c2ccc(Cl)cc2)cc1OC. The summed E-state index contributed by atoms with van der Waals surface area (Å²) in [5, 5.41) is 10.1. The predicted octanol–water partition coefficient (Wildman–Crippen LogP) is 6.35. The zero-order valence-electron chi connectivity index (χ0n) is 14.3. The molecule has 0 spiro atoms. The van der Waals surface area contributed by atoms with Gasteiger partial charge in [0.05, 0.1) is 29.3 Å². The Morgan fingerprint density at radius 1 is 1.32 bits per heavy atom. The highest BCUT2D eigenvalue weighted by molar-refractivity contribution is 9.10. The summed E-state index contributed by atoms with van der Waals surface area (Å²) in [6.07, 6.45) is 2.78. The predicted molar refractivity (Wildman–Crippen MR) is 106 cm³/mol. The Balaban J connectivity index is 2.43. The molecule has 3 nitrogen and oxygen atoms in total. The minimum atomic E-state index is 0.0790. The highest BCUT2D eigenvalue weighted by atomic mass is 79.9. The summed E-state index contributed by atoms with van der Waals surface area (Å²) in [5.41, 5.74) is 2.19. The first-order valence-electron chi connectivity index (χ1n) is 7.90. The molecule has 0 aliphatic carbocycles. The Bertz CT molecular complexity index is 810. The van der Waals surface area contributed by atoms with Crippen LogP contribution in [0.1, 0.15) is 31.4 Å². The molecule has 0 radical (unpaired) electrons. The van der Waals surface area contributed by atoms with Crippen LogP contribution in [0.2, 0.25) is 5.02 Å². The third-order valence-corrected chi connectivity index (χ3v) is 4.57. The lowest BCUT2D eigenvalue weighted by atomic mass is 10.0. The van der Waals surface area contributed by atoms with Gasteiger partial charge in [-0.2, -0.15) is 5.26 Å². The Kier molecular flexibility index (Phi) is 6.92. The molecule has 0 heterocycles. The van der Waals surface area contributed by atoms with Gasteiger partial charge in [0.15, 0.2) is 11.5 Å². The first-order valence-corrected chi connectivity index (χ1v) is 9.07. The van der Waals surface area contributed by atoms with Crippen LogP contribution in [-0.2, 0) is 0 Å². The zero-order valence-corrected chi connectivity index (χ0v) is 16.7. The molecule has 0 amide bonds. The number of nitriles is 1. The molecule has 0 N–H and O–H groups in total. The van der Waals surface area contributed by atoms with Crippen molar-refractivity contribution in [3.8, 4) is 17.6 Å². The number of benzene rings is 2. The zero-order chi connectivity index (χ0) is 18.4.